The molecule has 0 heterocycles. The molecule has 2 N–H and O–H groups in total. The van der Waals surface area contributed by atoms with Crippen LogP contribution in [-0.4, -0.2) is 17.0 Å². The van der Waals surface area contributed by atoms with E-state index in [9.17, 15) is 14.7 Å². The van der Waals surface area contributed by atoms with Gasteiger partial charge in [0.1, 0.15) is 0 Å². The van der Waals surface area contributed by atoms with Crippen LogP contribution in [0.25, 0.3) is 0 Å². The third-order valence-electron chi connectivity index (χ3n) is 2.84. The zero-order valence-electron chi connectivity index (χ0n) is 10.7. The summed E-state index contributed by atoms with van der Waals surface area (Å²) >= 11 is 9.09. The van der Waals surface area contributed by atoms with Crippen LogP contribution in [0.3, 0.4) is 0 Å². The number of hydrogen-bond acceptors (Lipinski definition) is 2. The van der Waals surface area contributed by atoms with Crippen molar-refractivity contribution in [3.05, 3.63) is 69.2 Å². The second-order valence-corrected chi connectivity index (χ2v) is 5.55. The molecule has 6 heteroatoms. The van der Waals surface area contributed by atoms with Crippen molar-refractivity contribution in [1.29, 1.82) is 0 Å². The number of carbonyl (C=O) groups excluding carboxylic acids is 1. The Bertz CT molecular complexity index is 676. The first-order valence-corrected chi connectivity index (χ1v) is 7.20. The minimum absolute atomic E-state index is 0.327. The molecule has 0 saturated heterocycles. The normalized spacial score (nSPS) is 11.7. The molecule has 1 atom stereocenters. The minimum Gasteiger partial charge on any atom is -0.479 e. The number of benzene rings is 2. The van der Waals surface area contributed by atoms with Crippen molar-refractivity contribution in [3.63, 3.8) is 0 Å². The first kappa shape index (κ1) is 15.5. The fourth-order valence-corrected chi connectivity index (χ4v) is 2.28. The number of rotatable bonds is 4. The lowest BCUT2D eigenvalue weighted by atomic mass is 10.1. The molecule has 0 saturated carbocycles. The number of halogens is 2. The first-order valence-electron chi connectivity index (χ1n) is 6.02. The summed E-state index contributed by atoms with van der Waals surface area (Å²) in [4.78, 5) is 23.5. The van der Waals surface area contributed by atoms with Gasteiger partial charge in [-0.15, -0.1) is 0 Å². The van der Waals surface area contributed by atoms with E-state index < -0.39 is 17.9 Å². The zero-order valence-corrected chi connectivity index (χ0v) is 13.1. The van der Waals surface area contributed by atoms with Crippen LogP contribution in [0.1, 0.15) is 22.0 Å². The quantitative estimate of drug-likeness (QED) is 0.865. The highest BCUT2D eigenvalue weighted by Crippen LogP contribution is 2.23. The smallest absolute Gasteiger partial charge is 0.330 e. The van der Waals surface area contributed by atoms with Crippen LogP contribution in [0, 0.1) is 0 Å². The summed E-state index contributed by atoms with van der Waals surface area (Å²) < 4.78 is 0.573. The molecule has 4 nitrogen and oxygen atoms in total. The molecule has 2 aromatic rings. The number of aliphatic carboxylic acids is 1. The largest absolute Gasteiger partial charge is 0.479 e. The molecule has 0 aliphatic carbocycles. The molecule has 0 radical (unpaired) electrons. The summed E-state index contributed by atoms with van der Waals surface area (Å²) in [5, 5.41) is 12.2. The number of carboxylic acid groups (broad SMARTS) is 1. The minimum atomic E-state index is -1.12. The highest BCUT2D eigenvalue weighted by Gasteiger charge is 2.22. The number of nitrogens with one attached hydrogen (secondary N) is 1. The molecular weight excluding hydrogens is 358 g/mol. The fourth-order valence-electron chi connectivity index (χ4n) is 1.78. The zero-order chi connectivity index (χ0) is 15.4. The molecule has 0 aliphatic rings. The van der Waals surface area contributed by atoms with Crippen LogP contribution in [0.15, 0.2) is 53.0 Å². The molecule has 2 aromatic carbocycles. The van der Waals surface area contributed by atoms with Crippen LogP contribution >= 0.6 is 27.5 Å². The van der Waals surface area contributed by atoms with Crippen molar-refractivity contribution in [1.82, 2.24) is 5.32 Å². The predicted molar refractivity (Wildman–Crippen MR) is 83.4 cm³/mol. The van der Waals surface area contributed by atoms with Crippen LogP contribution in [-0.2, 0) is 4.79 Å². The standard InChI is InChI=1S/C15H11BrClNO3/c16-11-8-10(6-7-12(11)17)14(19)18-13(15(20)21)9-4-2-1-3-5-9/h1-8,13H,(H,18,19)(H,20,21)/t13-/m0/s1. The number of amides is 1. The molecule has 0 fully saturated rings. The average molecular weight is 369 g/mol. The topological polar surface area (TPSA) is 66.4 Å². The predicted octanol–water partition coefficient (Wildman–Crippen LogP) is 3.66. The molecule has 2 rings (SSSR count). The van der Waals surface area contributed by atoms with Crippen molar-refractivity contribution < 1.29 is 14.7 Å². The molecule has 0 unspecified atom stereocenters. The number of hydrogen-bond donors (Lipinski definition) is 2. The molecule has 0 bridgehead atoms. The summed E-state index contributed by atoms with van der Waals surface area (Å²) in [6.45, 7) is 0. The molecule has 0 aromatic heterocycles. The Kier molecular flexibility index (Phi) is 4.98. The molecular formula is C15H11BrClNO3. The maximum atomic E-state index is 12.2. The van der Waals surface area contributed by atoms with Gasteiger partial charge < -0.3 is 10.4 Å². The van der Waals surface area contributed by atoms with E-state index >= 15 is 0 Å². The Morgan fingerprint density at radius 1 is 1.14 bits per heavy atom. The third-order valence-corrected chi connectivity index (χ3v) is 4.05. The van der Waals surface area contributed by atoms with Crippen LogP contribution in [0.5, 0.6) is 0 Å². The summed E-state index contributed by atoms with van der Waals surface area (Å²) in [5.41, 5.74) is 0.833. The SMILES string of the molecule is O=C(N[C@H](C(=O)O)c1ccccc1)c1ccc(Cl)c(Br)c1. The highest BCUT2D eigenvalue weighted by atomic mass is 79.9. The van der Waals surface area contributed by atoms with E-state index in [0.717, 1.165) is 0 Å². The second kappa shape index (κ2) is 6.74. The van der Waals surface area contributed by atoms with E-state index in [1.807, 2.05) is 0 Å². The molecule has 108 valence electrons. The van der Waals surface area contributed by atoms with Crippen molar-refractivity contribution in [3.8, 4) is 0 Å². The Balaban J connectivity index is 2.23. The van der Waals surface area contributed by atoms with Crippen LogP contribution < -0.4 is 5.32 Å². The maximum absolute atomic E-state index is 12.2. The molecule has 0 spiro atoms. The number of carbonyl (C=O) groups is 2. The van der Waals surface area contributed by atoms with Gasteiger partial charge >= 0.3 is 5.97 Å². The van der Waals surface area contributed by atoms with Crippen LogP contribution in [0.4, 0.5) is 0 Å². The van der Waals surface area contributed by atoms with Crippen molar-refractivity contribution in [2.75, 3.05) is 0 Å². The Hall–Kier alpha value is -1.85. The van der Waals surface area contributed by atoms with Gasteiger partial charge in [-0.05, 0) is 39.7 Å². The average Bonchev–Trinajstić information content (AvgIpc) is 2.48. The van der Waals surface area contributed by atoms with Crippen molar-refractivity contribution in [2.45, 2.75) is 6.04 Å². The van der Waals surface area contributed by atoms with Gasteiger partial charge in [-0.25, -0.2) is 4.79 Å². The monoisotopic (exact) mass is 367 g/mol. The molecule has 1 amide bonds. The second-order valence-electron chi connectivity index (χ2n) is 4.28. The van der Waals surface area contributed by atoms with Gasteiger partial charge in [-0.3, -0.25) is 4.79 Å². The summed E-state index contributed by atoms with van der Waals surface area (Å²) in [5.74, 6) is -1.61. The lowest BCUT2D eigenvalue weighted by molar-refractivity contribution is -0.139. The lowest BCUT2D eigenvalue weighted by Gasteiger charge is -2.15. The van der Waals surface area contributed by atoms with E-state index in [-0.39, 0.29) is 0 Å². The van der Waals surface area contributed by atoms with Gasteiger partial charge in [0.25, 0.3) is 5.91 Å². The summed E-state index contributed by atoms with van der Waals surface area (Å²) in [6, 6.07) is 12.1. The summed E-state index contributed by atoms with van der Waals surface area (Å²) in [6.07, 6.45) is 0. The lowest BCUT2D eigenvalue weighted by Crippen LogP contribution is -2.33. The van der Waals surface area contributed by atoms with Gasteiger partial charge in [0.15, 0.2) is 6.04 Å². The fraction of sp³-hybridized carbons (Fsp3) is 0.0667. The van der Waals surface area contributed by atoms with Gasteiger partial charge in [0, 0.05) is 10.0 Å². The highest BCUT2D eigenvalue weighted by molar-refractivity contribution is 9.10. The molecule has 0 aliphatic heterocycles. The van der Waals surface area contributed by atoms with E-state index in [1.165, 1.54) is 6.07 Å². The van der Waals surface area contributed by atoms with E-state index in [0.29, 0.717) is 20.6 Å². The Labute approximate surface area is 134 Å². The summed E-state index contributed by atoms with van der Waals surface area (Å²) in [7, 11) is 0. The third kappa shape index (κ3) is 3.83. The van der Waals surface area contributed by atoms with E-state index in [1.54, 1.807) is 42.5 Å². The number of carboxylic acids is 1. The van der Waals surface area contributed by atoms with Gasteiger partial charge in [0.05, 0.1) is 5.02 Å². The van der Waals surface area contributed by atoms with Gasteiger partial charge in [-0.2, -0.15) is 0 Å². The Morgan fingerprint density at radius 3 is 2.38 bits per heavy atom. The van der Waals surface area contributed by atoms with Crippen molar-refractivity contribution >= 4 is 39.4 Å². The molecule has 21 heavy (non-hydrogen) atoms. The Morgan fingerprint density at radius 2 is 1.81 bits per heavy atom. The first-order chi connectivity index (χ1) is 9.99. The maximum Gasteiger partial charge on any atom is 0.330 e. The van der Waals surface area contributed by atoms with Crippen molar-refractivity contribution in [2.24, 2.45) is 0 Å². The van der Waals surface area contributed by atoms with Crippen LogP contribution in [0.2, 0.25) is 5.02 Å². The van der Waals surface area contributed by atoms with E-state index in [2.05, 4.69) is 21.2 Å². The van der Waals surface area contributed by atoms with Gasteiger partial charge in [0.2, 0.25) is 0 Å². The van der Waals surface area contributed by atoms with E-state index in [4.69, 9.17) is 11.6 Å². The van der Waals surface area contributed by atoms with Gasteiger partial charge in [-0.1, -0.05) is 41.9 Å².